The third kappa shape index (κ3) is 7.39. The fourth-order valence-electron chi connectivity index (χ4n) is 0.662. The van der Waals surface area contributed by atoms with Crippen LogP contribution in [0.4, 0.5) is 0 Å². The first kappa shape index (κ1) is 12.7. The van der Waals surface area contributed by atoms with Gasteiger partial charge in [-0.05, 0) is 31.2 Å². The zero-order chi connectivity index (χ0) is 10.8. The lowest BCUT2D eigenvalue weighted by Gasteiger charge is -1.91. The molecular weight excluding hydrogens is 184 g/mol. The quantitative estimate of drug-likeness (QED) is 0.505. The number of phenolic OH excluding ortho intramolecular Hbond substituents is 2. The summed E-state index contributed by atoms with van der Waals surface area (Å²) >= 11 is 0. The van der Waals surface area contributed by atoms with Crippen LogP contribution in [0.5, 0.6) is 11.5 Å². The average molecular weight is 200 g/mol. The van der Waals surface area contributed by atoms with E-state index in [4.69, 9.17) is 20.1 Å². The zero-order valence-corrected chi connectivity index (χ0v) is 8.18. The van der Waals surface area contributed by atoms with Crippen molar-refractivity contribution in [1.29, 1.82) is 0 Å². The second-order valence-electron chi connectivity index (χ2n) is 2.44. The Morgan fingerprint density at radius 2 is 1.50 bits per heavy atom. The van der Waals surface area contributed by atoms with Gasteiger partial charge in [0.15, 0.2) is 0 Å². The molecule has 0 amide bonds. The van der Waals surface area contributed by atoms with Crippen molar-refractivity contribution in [3.63, 3.8) is 0 Å². The van der Waals surface area contributed by atoms with Gasteiger partial charge in [0.05, 0.1) is 13.2 Å². The van der Waals surface area contributed by atoms with Gasteiger partial charge in [-0.2, -0.15) is 0 Å². The number of aromatic hydroxyl groups is 2. The number of aliphatic hydroxyl groups excluding tert-OH is 1. The molecule has 4 heteroatoms. The summed E-state index contributed by atoms with van der Waals surface area (Å²) in [7, 11) is 0. The Labute approximate surface area is 83.4 Å². The van der Waals surface area contributed by atoms with E-state index in [1.165, 1.54) is 24.3 Å². The van der Waals surface area contributed by atoms with Crippen molar-refractivity contribution in [3.05, 3.63) is 24.3 Å². The molecule has 0 heterocycles. The Balaban J connectivity index is 0.000000255. The molecule has 0 saturated carbocycles. The first-order valence-electron chi connectivity index (χ1n) is 4.37. The summed E-state index contributed by atoms with van der Waals surface area (Å²) in [5, 5.41) is 25.4. The smallest absolute Gasteiger partial charge is 0.115 e. The van der Waals surface area contributed by atoms with Gasteiger partial charge in [0.25, 0.3) is 0 Å². The first-order valence-corrected chi connectivity index (χ1v) is 4.37. The standard InChI is InChI=1S/C6H6O2.C4H10O2/c7-5-1-2-6(8)4-3-5;1-2-6-4-3-5/h1-4,7-8H;5H,2-4H2,1H3. The summed E-state index contributed by atoms with van der Waals surface area (Å²) < 4.78 is 4.73. The molecule has 3 N–H and O–H groups in total. The van der Waals surface area contributed by atoms with E-state index in [0.29, 0.717) is 13.2 Å². The lowest BCUT2D eigenvalue weighted by Crippen LogP contribution is -1.96. The van der Waals surface area contributed by atoms with Crippen LogP contribution in [0.2, 0.25) is 0 Å². The molecule has 1 aromatic rings. The van der Waals surface area contributed by atoms with Gasteiger partial charge in [-0.15, -0.1) is 0 Å². The molecule has 4 nitrogen and oxygen atoms in total. The maximum atomic E-state index is 8.65. The molecule has 14 heavy (non-hydrogen) atoms. The van der Waals surface area contributed by atoms with Crippen LogP contribution in [0.25, 0.3) is 0 Å². The third-order valence-corrected chi connectivity index (χ3v) is 1.29. The molecule has 0 fully saturated rings. The number of rotatable bonds is 3. The van der Waals surface area contributed by atoms with E-state index in [0.717, 1.165) is 0 Å². The molecule has 80 valence electrons. The number of benzene rings is 1. The highest BCUT2D eigenvalue weighted by Gasteiger charge is 1.84. The lowest BCUT2D eigenvalue weighted by atomic mass is 10.3. The number of aliphatic hydroxyl groups is 1. The van der Waals surface area contributed by atoms with Crippen molar-refractivity contribution in [1.82, 2.24) is 0 Å². The van der Waals surface area contributed by atoms with Crippen molar-refractivity contribution >= 4 is 0 Å². The first-order chi connectivity index (χ1) is 6.70. The Morgan fingerprint density at radius 3 is 1.71 bits per heavy atom. The summed E-state index contributed by atoms with van der Waals surface area (Å²) in [5.41, 5.74) is 0. The Hall–Kier alpha value is -1.26. The molecule has 0 saturated heterocycles. The number of hydrogen-bond acceptors (Lipinski definition) is 4. The van der Waals surface area contributed by atoms with E-state index in [-0.39, 0.29) is 18.1 Å². The molecule has 0 atom stereocenters. The minimum Gasteiger partial charge on any atom is -0.508 e. The molecule has 1 aromatic carbocycles. The maximum absolute atomic E-state index is 8.65. The molecule has 0 aliphatic rings. The van der Waals surface area contributed by atoms with E-state index in [1.807, 2.05) is 6.92 Å². The normalized spacial score (nSPS) is 9.00. The molecule has 0 aromatic heterocycles. The van der Waals surface area contributed by atoms with Gasteiger partial charge >= 0.3 is 0 Å². The van der Waals surface area contributed by atoms with Crippen LogP contribution in [-0.4, -0.2) is 35.1 Å². The van der Waals surface area contributed by atoms with Gasteiger partial charge in [-0.1, -0.05) is 0 Å². The van der Waals surface area contributed by atoms with Gasteiger partial charge in [-0.3, -0.25) is 0 Å². The highest BCUT2D eigenvalue weighted by molar-refractivity contribution is 5.28. The largest absolute Gasteiger partial charge is 0.508 e. The minimum absolute atomic E-state index is 0.133. The summed E-state index contributed by atoms with van der Waals surface area (Å²) in [5.74, 6) is 0.339. The van der Waals surface area contributed by atoms with Gasteiger partial charge in [0.2, 0.25) is 0 Å². The lowest BCUT2D eigenvalue weighted by molar-refractivity contribution is 0.102. The third-order valence-electron chi connectivity index (χ3n) is 1.29. The molecule has 0 radical (unpaired) electrons. The Morgan fingerprint density at radius 1 is 1.07 bits per heavy atom. The fraction of sp³-hybridized carbons (Fsp3) is 0.400. The predicted octanol–water partition coefficient (Wildman–Crippen LogP) is 1.11. The second kappa shape index (κ2) is 8.34. The number of ether oxygens (including phenoxy) is 1. The Kier molecular flexibility index (Phi) is 7.59. The highest BCUT2D eigenvalue weighted by Crippen LogP contribution is 2.13. The van der Waals surface area contributed by atoms with Crippen LogP contribution >= 0.6 is 0 Å². The van der Waals surface area contributed by atoms with Crippen LogP contribution in [0.15, 0.2) is 24.3 Å². The van der Waals surface area contributed by atoms with Gasteiger partial charge < -0.3 is 20.1 Å². The topological polar surface area (TPSA) is 69.9 Å². The van der Waals surface area contributed by atoms with Crippen LogP contribution in [0, 0.1) is 0 Å². The molecule has 0 unspecified atom stereocenters. The van der Waals surface area contributed by atoms with Gasteiger partial charge in [-0.25, -0.2) is 0 Å². The van der Waals surface area contributed by atoms with Crippen LogP contribution in [-0.2, 0) is 4.74 Å². The molecule has 0 aliphatic heterocycles. The van der Waals surface area contributed by atoms with Crippen LogP contribution in [0.3, 0.4) is 0 Å². The highest BCUT2D eigenvalue weighted by atomic mass is 16.5. The van der Waals surface area contributed by atoms with Crippen LogP contribution < -0.4 is 0 Å². The summed E-state index contributed by atoms with van der Waals surface area (Å²) in [4.78, 5) is 0. The Bertz CT molecular complexity index is 195. The predicted molar refractivity (Wildman–Crippen MR) is 53.4 cm³/mol. The summed E-state index contributed by atoms with van der Waals surface area (Å²) in [6.45, 7) is 3.20. The minimum atomic E-state index is 0.133. The van der Waals surface area contributed by atoms with Crippen molar-refractivity contribution in [2.24, 2.45) is 0 Å². The summed E-state index contributed by atoms with van der Waals surface area (Å²) in [6.07, 6.45) is 0. The number of phenols is 2. The monoisotopic (exact) mass is 200 g/mol. The van der Waals surface area contributed by atoms with E-state index < -0.39 is 0 Å². The van der Waals surface area contributed by atoms with E-state index in [1.54, 1.807) is 0 Å². The van der Waals surface area contributed by atoms with Crippen molar-refractivity contribution in [2.75, 3.05) is 19.8 Å². The second-order valence-corrected chi connectivity index (χ2v) is 2.44. The zero-order valence-electron chi connectivity index (χ0n) is 8.18. The van der Waals surface area contributed by atoms with E-state index >= 15 is 0 Å². The average Bonchev–Trinajstić information content (AvgIpc) is 2.20. The number of hydrogen-bond donors (Lipinski definition) is 3. The summed E-state index contributed by atoms with van der Waals surface area (Å²) in [6, 6.07) is 5.70. The fourth-order valence-corrected chi connectivity index (χ4v) is 0.662. The molecule has 1 rings (SSSR count). The van der Waals surface area contributed by atoms with Crippen molar-refractivity contribution < 1.29 is 20.1 Å². The van der Waals surface area contributed by atoms with Gasteiger partial charge in [0, 0.05) is 6.61 Å². The van der Waals surface area contributed by atoms with E-state index in [2.05, 4.69) is 0 Å². The maximum Gasteiger partial charge on any atom is 0.115 e. The molecule has 0 aliphatic carbocycles. The van der Waals surface area contributed by atoms with E-state index in [9.17, 15) is 0 Å². The van der Waals surface area contributed by atoms with Crippen LogP contribution in [0.1, 0.15) is 6.92 Å². The van der Waals surface area contributed by atoms with Gasteiger partial charge in [0.1, 0.15) is 11.5 Å². The SMILES string of the molecule is CCOCCO.Oc1ccc(O)cc1. The van der Waals surface area contributed by atoms with Crippen molar-refractivity contribution in [2.45, 2.75) is 6.92 Å². The molecular formula is C10H16O4. The molecule has 0 bridgehead atoms. The van der Waals surface area contributed by atoms with Crippen molar-refractivity contribution in [3.8, 4) is 11.5 Å². The molecule has 0 spiro atoms.